The van der Waals surface area contributed by atoms with Crippen molar-refractivity contribution in [2.45, 2.75) is 17.2 Å². The van der Waals surface area contributed by atoms with Crippen LogP contribution in [0.15, 0.2) is 27.1 Å². The molecule has 0 radical (unpaired) electrons. The van der Waals surface area contributed by atoms with Crippen molar-refractivity contribution in [1.29, 1.82) is 0 Å². The van der Waals surface area contributed by atoms with E-state index in [0.29, 0.717) is 22.0 Å². The number of aryl methyl sites for hydroxylation is 1. The lowest BCUT2D eigenvalue weighted by atomic mass is 10.6. The maximum atomic E-state index is 5.49. The Morgan fingerprint density at radius 3 is 2.86 bits per heavy atom. The third kappa shape index (κ3) is 1.99. The van der Waals surface area contributed by atoms with Crippen molar-refractivity contribution in [3.63, 3.8) is 0 Å². The summed E-state index contributed by atoms with van der Waals surface area (Å²) in [4.78, 5) is 7.76. The summed E-state index contributed by atoms with van der Waals surface area (Å²) < 4.78 is 5.17. The van der Waals surface area contributed by atoms with E-state index in [2.05, 4.69) is 20.2 Å². The number of nitrogens with two attached hydrogens (primary N) is 1. The van der Waals surface area contributed by atoms with E-state index in [4.69, 9.17) is 10.2 Å². The first-order valence-electron chi connectivity index (χ1n) is 3.79. The molecule has 0 atom stereocenters. The molecule has 0 aliphatic heterocycles. The van der Waals surface area contributed by atoms with Crippen LogP contribution in [0.25, 0.3) is 0 Å². The Kier molecular flexibility index (Phi) is 2.32. The van der Waals surface area contributed by atoms with Crippen LogP contribution in [0.2, 0.25) is 0 Å². The molecule has 2 aromatic rings. The van der Waals surface area contributed by atoms with Gasteiger partial charge in [-0.05, 0) is 11.8 Å². The van der Waals surface area contributed by atoms with Crippen LogP contribution in [0.1, 0.15) is 5.89 Å². The summed E-state index contributed by atoms with van der Waals surface area (Å²) in [7, 11) is 0. The van der Waals surface area contributed by atoms with Crippen LogP contribution in [0.4, 0.5) is 5.82 Å². The van der Waals surface area contributed by atoms with E-state index in [1.54, 1.807) is 13.0 Å². The van der Waals surface area contributed by atoms with Gasteiger partial charge in [-0.25, -0.2) is 9.97 Å². The predicted octanol–water partition coefficient (Wildman–Crippen LogP) is 0.901. The lowest BCUT2D eigenvalue weighted by Gasteiger charge is -1.95. The van der Waals surface area contributed by atoms with Gasteiger partial charge in [0.15, 0.2) is 0 Å². The molecular weight excluding hydrogens is 202 g/mol. The Morgan fingerprint density at radius 2 is 2.21 bits per heavy atom. The van der Waals surface area contributed by atoms with Crippen LogP contribution in [-0.2, 0) is 0 Å². The third-order valence-electron chi connectivity index (χ3n) is 1.36. The Morgan fingerprint density at radius 1 is 1.36 bits per heavy atom. The summed E-state index contributed by atoms with van der Waals surface area (Å²) >= 11 is 1.25. The van der Waals surface area contributed by atoms with Gasteiger partial charge in [0, 0.05) is 13.0 Å². The molecule has 0 amide bonds. The zero-order valence-electron chi connectivity index (χ0n) is 7.34. The highest BCUT2D eigenvalue weighted by Gasteiger charge is 2.05. The van der Waals surface area contributed by atoms with Crippen molar-refractivity contribution in [2.24, 2.45) is 0 Å². The van der Waals surface area contributed by atoms with E-state index in [9.17, 15) is 0 Å². The van der Waals surface area contributed by atoms with Crippen molar-refractivity contribution >= 4 is 17.6 Å². The monoisotopic (exact) mass is 209 g/mol. The fourth-order valence-corrected chi connectivity index (χ4v) is 1.52. The second-order valence-corrected chi connectivity index (χ2v) is 3.44. The number of rotatable bonds is 2. The van der Waals surface area contributed by atoms with Crippen molar-refractivity contribution in [3.8, 4) is 0 Å². The van der Waals surface area contributed by atoms with Crippen molar-refractivity contribution in [1.82, 2.24) is 20.2 Å². The van der Waals surface area contributed by atoms with Crippen LogP contribution in [0, 0.1) is 6.92 Å². The van der Waals surface area contributed by atoms with E-state index >= 15 is 0 Å². The van der Waals surface area contributed by atoms with Gasteiger partial charge in [0.2, 0.25) is 5.89 Å². The normalized spacial score (nSPS) is 10.4. The number of nitrogen functional groups attached to an aromatic ring is 1. The molecule has 2 N–H and O–H groups in total. The average Bonchev–Trinajstić information content (AvgIpc) is 2.51. The van der Waals surface area contributed by atoms with Crippen molar-refractivity contribution < 1.29 is 4.42 Å². The Labute approximate surface area is 84.0 Å². The minimum atomic E-state index is 0.415. The molecule has 7 heteroatoms. The lowest BCUT2D eigenvalue weighted by molar-refractivity contribution is 0.429. The number of aromatic nitrogens is 4. The van der Waals surface area contributed by atoms with Crippen LogP contribution in [-0.4, -0.2) is 20.2 Å². The van der Waals surface area contributed by atoms with Gasteiger partial charge in [-0.2, -0.15) is 0 Å². The highest BCUT2D eigenvalue weighted by atomic mass is 32.2. The smallest absolute Gasteiger partial charge is 0.282 e. The molecule has 0 unspecified atom stereocenters. The van der Waals surface area contributed by atoms with Gasteiger partial charge >= 0.3 is 0 Å². The maximum Gasteiger partial charge on any atom is 0.282 e. The summed E-state index contributed by atoms with van der Waals surface area (Å²) in [6.45, 7) is 1.73. The number of hydrogen-bond donors (Lipinski definition) is 1. The molecule has 2 aromatic heterocycles. The highest BCUT2D eigenvalue weighted by Crippen LogP contribution is 2.24. The first-order chi connectivity index (χ1) is 6.74. The minimum Gasteiger partial charge on any atom is -0.416 e. The van der Waals surface area contributed by atoms with Crippen molar-refractivity contribution in [2.75, 3.05) is 5.73 Å². The molecule has 0 saturated carbocycles. The first-order valence-corrected chi connectivity index (χ1v) is 4.61. The zero-order chi connectivity index (χ0) is 9.97. The van der Waals surface area contributed by atoms with Gasteiger partial charge in [-0.1, -0.05) is 0 Å². The highest BCUT2D eigenvalue weighted by molar-refractivity contribution is 7.99. The molecule has 0 fully saturated rings. The van der Waals surface area contributed by atoms with Crippen LogP contribution in [0.3, 0.4) is 0 Å². The summed E-state index contributed by atoms with van der Waals surface area (Å²) in [5.41, 5.74) is 5.49. The summed E-state index contributed by atoms with van der Waals surface area (Å²) in [6, 6.07) is 1.64. The van der Waals surface area contributed by atoms with Gasteiger partial charge in [0.25, 0.3) is 5.22 Å². The van der Waals surface area contributed by atoms with Gasteiger partial charge in [0.05, 0.1) is 0 Å². The van der Waals surface area contributed by atoms with E-state index in [0.717, 1.165) is 0 Å². The van der Waals surface area contributed by atoms with Gasteiger partial charge in [-0.3, -0.25) is 0 Å². The van der Waals surface area contributed by atoms with Crippen LogP contribution < -0.4 is 5.73 Å². The molecule has 0 aliphatic rings. The standard InChI is InChI=1S/C7H7N5OS/c1-4-11-12-7(13-4)14-6-2-5(8)9-3-10-6/h2-3H,1H3,(H2,8,9,10). The topological polar surface area (TPSA) is 90.7 Å². The molecule has 6 nitrogen and oxygen atoms in total. The zero-order valence-corrected chi connectivity index (χ0v) is 8.15. The number of hydrogen-bond acceptors (Lipinski definition) is 7. The fourth-order valence-electron chi connectivity index (χ4n) is 0.818. The second kappa shape index (κ2) is 3.62. The molecule has 0 bridgehead atoms. The van der Waals surface area contributed by atoms with E-state index in [1.165, 1.54) is 18.1 Å². The summed E-state index contributed by atoms with van der Waals surface area (Å²) in [6.07, 6.45) is 1.39. The predicted molar refractivity (Wildman–Crippen MR) is 49.6 cm³/mol. The minimum absolute atomic E-state index is 0.415. The van der Waals surface area contributed by atoms with Crippen LogP contribution in [0.5, 0.6) is 0 Å². The van der Waals surface area contributed by atoms with E-state index in [-0.39, 0.29) is 0 Å². The Bertz CT molecular complexity index is 443. The fraction of sp³-hybridized carbons (Fsp3) is 0.143. The average molecular weight is 209 g/mol. The molecule has 0 spiro atoms. The molecule has 0 aliphatic carbocycles. The molecule has 0 aromatic carbocycles. The number of anilines is 1. The van der Waals surface area contributed by atoms with Gasteiger partial charge < -0.3 is 10.2 Å². The molecular formula is C7H7N5OS. The third-order valence-corrected chi connectivity index (χ3v) is 2.13. The van der Waals surface area contributed by atoms with Crippen molar-refractivity contribution in [3.05, 3.63) is 18.3 Å². The first kappa shape index (κ1) is 8.95. The van der Waals surface area contributed by atoms with Gasteiger partial charge in [-0.15, -0.1) is 10.2 Å². The molecule has 72 valence electrons. The Hall–Kier alpha value is -1.63. The van der Waals surface area contributed by atoms with Gasteiger partial charge in [0.1, 0.15) is 17.2 Å². The van der Waals surface area contributed by atoms with E-state index < -0.39 is 0 Å². The van der Waals surface area contributed by atoms with E-state index in [1.807, 2.05) is 0 Å². The summed E-state index contributed by atoms with van der Waals surface area (Å²) in [5.74, 6) is 0.938. The second-order valence-electron chi connectivity index (χ2n) is 2.47. The SMILES string of the molecule is Cc1nnc(Sc2cc(N)ncn2)o1. The summed E-state index contributed by atoms with van der Waals surface area (Å²) in [5, 5.41) is 8.64. The number of nitrogens with zero attached hydrogens (tertiary/aromatic N) is 4. The quantitative estimate of drug-likeness (QED) is 0.734. The maximum absolute atomic E-state index is 5.49. The lowest BCUT2D eigenvalue weighted by Crippen LogP contribution is -1.91. The Balaban J connectivity index is 2.18. The molecule has 2 rings (SSSR count). The molecule has 0 saturated heterocycles. The molecule has 14 heavy (non-hydrogen) atoms. The van der Waals surface area contributed by atoms with Crippen LogP contribution >= 0.6 is 11.8 Å². The molecule has 2 heterocycles. The largest absolute Gasteiger partial charge is 0.416 e.